The highest BCUT2D eigenvalue weighted by Crippen LogP contribution is 2.33. The van der Waals surface area contributed by atoms with Crippen LogP contribution in [0.5, 0.6) is 0 Å². The zero-order chi connectivity index (χ0) is 22.1. The zero-order valence-corrected chi connectivity index (χ0v) is 17.4. The van der Waals surface area contributed by atoms with Gasteiger partial charge in [-0.15, -0.1) is 0 Å². The van der Waals surface area contributed by atoms with Gasteiger partial charge in [-0.05, 0) is 48.4 Å². The monoisotopic (exact) mass is 455 g/mol. The molecule has 0 spiro atoms. The van der Waals surface area contributed by atoms with E-state index in [9.17, 15) is 14.4 Å². The largest absolute Gasteiger partial charge is 0.478 e. The van der Waals surface area contributed by atoms with E-state index in [1.807, 2.05) is 6.08 Å². The summed E-state index contributed by atoms with van der Waals surface area (Å²) in [6.45, 7) is 0.490. The molecule has 0 saturated heterocycles. The molecule has 3 aromatic rings. The fourth-order valence-corrected chi connectivity index (χ4v) is 3.89. The summed E-state index contributed by atoms with van der Waals surface area (Å²) in [6, 6.07) is 9.96. The van der Waals surface area contributed by atoms with Gasteiger partial charge in [0.05, 0.1) is 10.9 Å². The van der Waals surface area contributed by atoms with Crippen LogP contribution in [0.2, 0.25) is 10.0 Å². The number of benzene rings is 2. The summed E-state index contributed by atoms with van der Waals surface area (Å²) < 4.78 is 1.60. The van der Waals surface area contributed by atoms with E-state index in [1.54, 1.807) is 41.0 Å². The van der Waals surface area contributed by atoms with E-state index in [2.05, 4.69) is 10.3 Å². The Morgan fingerprint density at radius 3 is 2.58 bits per heavy atom. The number of carbonyl (C=O) groups is 2. The summed E-state index contributed by atoms with van der Waals surface area (Å²) in [5, 5.41) is 12.6. The lowest BCUT2D eigenvalue weighted by Crippen LogP contribution is -2.21. The van der Waals surface area contributed by atoms with Crippen molar-refractivity contribution in [2.45, 2.75) is 13.0 Å². The quantitative estimate of drug-likeness (QED) is 0.573. The number of aliphatic carboxylic acids is 1. The third-order valence-corrected chi connectivity index (χ3v) is 5.47. The Bertz CT molecular complexity index is 1340. The second-order valence-corrected chi connectivity index (χ2v) is 7.65. The van der Waals surface area contributed by atoms with Crippen molar-refractivity contribution in [3.8, 4) is 0 Å². The van der Waals surface area contributed by atoms with Crippen molar-refractivity contribution in [1.29, 1.82) is 0 Å². The van der Waals surface area contributed by atoms with Gasteiger partial charge >= 0.3 is 5.97 Å². The number of anilines is 1. The number of fused-ring (bicyclic) bond motifs is 2. The fourth-order valence-electron chi connectivity index (χ4n) is 3.39. The van der Waals surface area contributed by atoms with Crippen LogP contribution in [0.4, 0.5) is 5.69 Å². The van der Waals surface area contributed by atoms with Crippen molar-refractivity contribution in [2.24, 2.45) is 0 Å². The molecule has 0 saturated carbocycles. The predicted octanol–water partition coefficient (Wildman–Crippen LogP) is 4.23. The molecule has 7 nitrogen and oxygen atoms in total. The van der Waals surface area contributed by atoms with Gasteiger partial charge in [-0.1, -0.05) is 29.3 Å². The maximum atomic E-state index is 12.9. The van der Waals surface area contributed by atoms with E-state index in [0.717, 1.165) is 17.7 Å². The van der Waals surface area contributed by atoms with E-state index >= 15 is 0 Å². The second kappa shape index (κ2) is 8.37. The predicted molar refractivity (Wildman–Crippen MR) is 120 cm³/mol. The van der Waals surface area contributed by atoms with Gasteiger partial charge in [0.1, 0.15) is 5.82 Å². The van der Waals surface area contributed by atoms with Crippen molar-refractivity contribution in [2.75, 3.05) is 5.32 Å². The lowest BCUT2D eigenvalue weighted by atomic mass is 10.1. The smallest absolute Gasteiger partial charge is 0.328 e. The average Bonchev–Trinajstić information content (AvgIpc) is 3.12. The molecule has 2 N–H and O–H groups in total. The normalized spacial score (nSPS) is 14.3. The van der Waals surface area contributed by atoms with Gasteiger partial charge in [0.15, 0.2) is 0 Å². The number of rotatable bonds is 4. The Morgan fingerprint density at radius 1 is 1.13 bits per heavy atom. The van der Waals surface area contributed by atoms with Gasteiger partial charge in [0, 0.05) is 40.0 Å². The van der Waals surface area contributed by atoms with Gasteiger partial charge in [-0.2, -0.15) is 0 Å². The first-order valence-corrected chi connectivity index (χ1v) is 10.0. The molecule has 1 aromatic heterocycles. The lowest BCUT2D eigenvalue weighted by Gasteiger charge is -2.08. The minimum Gasteiger partial charge on any atom is -0.478 e. The minimum absolute atomic E-state index is 0.183. The highest BCUT2D eigenvalue weighted by atomic mass is 35.5. The summed E-state index contributed by atoms with van der Waals surface area (Å²) in [6.07, 6.45) is 4.09. The molecule has 2 heterocycles. The molecule has 1 aliphatic rings. The number of hydrogen-bond donors (Lipinski definition) is 2. The van der Waals surface area contributed by atoms with Gasteiger partial charge in [-0.3, -0.25) is 14.2 Å². The first-order valence-electron chi connectivity index (χ1n) is 9.25. The summed E-state index contributed by atoms with van der Waals surface area (Å²) >= 11 is 12.6. The Kier molecular flexibility index (Phi) is 5.63. The maximum Gasteiger partial charge on any atom is 0.328 e. The molecule has 0 unspecified atom stereocenters. The lowest BCUT2D eigenvalue weighted by molar-refractivity contribution is -0.131. The molecule has 0 radical (unpaired) electrons. The van der Waals surface area contributed by atoms with E-state index in [-0.39, 0.29) is 5.56 Å². The van der Waals surface area contributed by atoms with Crippen molar-refractivity contribution < 1.29 is 14.7 Å². The number of hydrogen-bond acceptors (Lipinski definition) is 4. The molecule has 0 aliphatic carbocycles. The van der Waals surface area contributed by atoms with E-state index in [0.29, 0.717) is 51.0 Å². The number of carbonyl (C=O) groups excluding carboxylic acids is 1. The molecule has 9 heteroatoms. The molecular weight excluding hydrogens is 441 g/mol. The molecule has 31 heavy (non-hydrogen) atoms. The number of amides is 1. The Morgan fingerprint density at radius 2 is 1.87 bits per heavy atom. The summed E-state index contributed by atoms with van der Waals surface area (Å²) in [5.74, 6) is -1.31. The van der Waals surface area contributed by atoms with Gasteiger partial charge in [0.2, 0.25) is 5.91 Å². The van der Waals surface area contributed by atoms with Crippen LogP contribution < -0.4 is 10.9 Å². The molecule has 0 fully saturated rings. The van der Waals surface area contributed by atoms with Crippen LogP contribution in [0.1, 0.15) is 17.8 Å². The maximum absolute atomic E-state index is 12.9. The highest BCUT2D eigenvalue weighted by Gasteiger charge is 2.22. The molecule has 1 amide bonds. The van der Waals surface area contributed by atoms with E-state index in [4.69, 9.17) is 28.3 Å². The Balaban J connectivity index is 1.75. The summed E-state index contributed by atoms with van der Waals surface area (Å²) in [5.41, 5.74) is 2.11. The molecule has 156 valence electrons. The third-order valence-electron chi connectivity index (χ3n) is 4.81. The van der Waals surface area contributed by atoms with Gasteiger partial charge < -0.3 is 10.4 Å². The first-order chi connectivity index (χ1) is 14.8. The number of carboxylic acid groups (broad SMARTS) is 1. The topological polar surface area (TPSA) is 101 Å². The van der Waals surface area contributed by atoms with Crippen LogP contribution in [0.3, 0.4) is 0 Å². The molecule has 1 aliphatic heterocycles. The highest BCUT2D eigenvalue weighted by molar-refractivity contribution is 6.37. The van der Waals surface area contributed by atoms with Crippen molar-refractivity contribution >= 4 is 63.3 Å². The number of allylic oxidation sites excluding steroid dienone is 1. The standard InChI is InChI=1S/C22H15Cl2N3O4/c23-16-2-1-3-17(24)15(16)10-12-8-9-27-21(12)26-18-11-13(4-5-14(18)22(27)31)25-19(28)6-7-20(29)30/h1-7,10-11H,8-9H2,(H,25,28)(H,29,30)/b7-6+,12-10+. The van der Waals surface area contributed by atoms with Crippen LogP contribution in [0.15, 0.2) is 53.3 Å². The van der Waals surface area contributed by atoms with Crippen LogP contribution in [0.25, 0.3) is 22.6 Å². The molecule has 0 atom stereocenters. The van der Waals surface area contributed by atoms with Crippen molar-refractivity contribution in [3.05, 3.63) is 80.3 Å². The minimum atomic E-state index is -1.23. The fraction of sp³-hybridized carbons (Fsp3) is 0.0909. The Labute approximate surface area is 186 Å². The molecule has 4 rings (SSSR count). The van der Waals surface area contributed by atoms with Crippen LogP contribution >= 0.6 is 23.2 Å². The first kappa shape index (κ1) is 20.8. The molecule has 2 aromatic carbocycles. The Hall–Kier alpha value is -3.42. The number of aromatic nitrogens is 2. The van der Waals surface area contributed by atoms with E-state index < -0.39 is 11.9 Å². The molecule has 0 bridgehead atoms. The van der Waals surface area contributed by atoms with Gasteiger partial charge in [-0.25, -0.2) is 9.78 Å². The van der Waals surface area contributed by atoms with E-state index in [1.165, 1.54) is 0 Å². The molecular formula is C22H15Cl2N3O4. The second-order valence-electron chi connectivity index (χ2n) is 6.84. The summed E-state index contributed by atoms with van der Waals surface area (Å²) in [4.78, 5) is 40.0. The van der Waals surface area contributed by atoms with Crippen molar-refractivity contribution in [3.63, 3.8) is 0 Å². The van der Waals surface area contributed by atoms with Gasteiger partial charge in [0.25, 0.3) is 5.56 Å². The SMILES string of the molecule is O=C(O)/C=C/C(=O)Nc1ccc2c(=O)n3c(nc2c1)/C(=C/c1c(Cl)cccc1Cl)CC3. The summed E-state index contributed by atoms with van der Waals surface area (Å²) in [7, 11) is 0. The average molecular weight is 456 g/mol. The van der Waals surface area contributed by atoms with Crippen molar-refractivity contribution in [1.82, 2.24) is 9.55 Å². The number of halogens is 2. The zero-order valence-electron chi connectivity index (χ0n) is 15.9. The number of nitrogens with zero attached hydrogens (tertiary/aromatic N) is 2. The van der Waals surface area contributed by atoms with Crippen LogP contribution in [-0.2, 0) is 16.1 Å². The number of nitrogens with one attached hydrogen (secondary N) is 1. The third kappa shape index (κ3) is 4.23. The van der Waals surface area contributed by atoms with Crippen LogP contribution in [0, 0.1) is 0 Å². The van der Waals surface area contributed by atoms with Crippen LogP contribution in [-0.4, -0.2) is 26.5 Å². The number of carboxylic acids is 1.